The second-order valence-corrected chi connectivity index (χ2v) is 4.86. The molecular weight excluding hydrogens is 242 g/mol. The maximum absolute atomic E-state index is 11.7. The van der Waals surface area contributed by atoms with Gasteiger partial charge in [-0.05, 0) is 23.6 Å². The molecule has 0 saturated carbocycles. The largest absolute Gasteiger partial charge is 0.325 e. The highest BCUT2D eigenvalue weighted by molar-refractivity contribution is 9.10. The summed E-state index contributed by atoms with van der Waals surface area (Å²) < 4.78 is 1.00. The molecule has 1 aliphatic heterocycles. The van der Waals surface area contributed by atoms with Gasteiger partial charge in [0.2, 0.25) is 5.91 Å². The number of benzene rings is 1. The quantitative estimate of drug-likeness (QED) is 0.819. The predicted octanol–water partition coefficient (Wildman–Crippen LogP) is 3.14. The van der Waals surface area contributed by atoms with E-state index < -0.39 is 0 Å². The molecule has 1 aliphatic rings. The molecule has 0 saturated heterocycles. The summed E-state index contributed by atoms with van der Waals surface area (Å²) in [6.07, 6.45) is 0. The lowest BCUT2D eigenvalue weighted by atomic mass is 9.90. The van der Waals surface area contributed by atoms with E-state index in [9.17, 15) is 4.79 Å². The minimum atomic E-state index is 0.0121. The van der Waals surface area contributed by atoms with Gasteiger partial charge >= 0.3 is 0 Å². The first-order valence-electron chi connectivity index (χ1n) is 4.70. The smallest absolute Gasteiger partial charge is 0.232 e. The van der Waals surface area contributed by atoms with Crippen molar-refractivity contribution in [3.05, 3.63) is 28.2 Å². The van der Waals surface area contributed by atoms with Crippen molar-refractivity contribution < 1.29 is 4.79 Å². The third-order valence-corrected chi connectivity index (χ3v) is 3.05. The molecule has 3 heteroatoms. The maximum atomic E-state index is 11.7. The number of hydrogen-bond donors (Lipinski definition) is 1. The Morgan fingerprint density at radius 1 is 1.43 bits per heavy atom. The molecule has 1 atom stereocenters. The van der Waals surface area contributed by atoms with Gasteiger partial charge in [0.25, 0.3) is 0 Å². The van der Waals surface area contributed by atoms with Gasteiger partial charge in [0.1, 0.15) is 0 Å². The normalized spacial score (nSPS) is 19.7. The van der Waals surface area contributed by atoms with Crippen LogP contribution in [0.2, 0.25) is 0 Å². The molecule has 1 N–H and O–H groups in total. The Balaban J connectivity index is 2.48. The zero-order valence-electron chi connectivity index (χ0n) is 8.17. The van der Waals surface area contributed by atoms with Gasteiger partial charge in [-0.25, -0.2) is 0 Å². The van der Waals surface area contributed by atoms with Crippen LogP contribution < -0.4 is 5.32 Å². The van der Waals surface area contributed by atoms with Crippen molar-refractivity contribution in [1.82, 2.24) is 0 Å². The fourth-order valence-electron chi connectivity index (χ4n) is 1.92. The zero-order valence-corrected chi connectivity index (χ0v) is 9.76. The molecule has 0 aromatic heterocycles. The summed E-state index contributed by atoms with van der Waals surface area (Å²) >= 11 is 3.39. The molecule has 0 fully saturated rings. The number of halogens is 1. The fourth-order valence-corrected chi connectivity index (χ4v) is 2.28. The van der Waals surface area contributed by atoms with Crippen LogP contribution in [-0.2, 0) is 4.79 Å². The van der Waals surface area contributed by atoms with Crippen LogP contribution in [0.4, 0.5) is 5.69 Å². The van der Waals surface area contributed by atoms with Gasteiger partial charge in [-0.15, -0.1) is 0 Å². The van der Waals surface area contributed by atoms with E-state index in [4.69, 9.17) is 0 Å². The van der Waals surface area contributed by atoms with E-state index in [1.807, 2.05) is 18.2 Å². The summed E-state index contributed by atoms with van der Waals surface area (Å²) in [6, 6.07) is 5.95. The number of carbonyl (C=O) groups is 1. The molecule has 0 bridgehead atoms. The summed E-state index contributed by atoms with van der Waals surface area (Å²) in [7, 11) is 0. The zero-order chi connectivity index (χ0) is 10.3. The monoisotopic (exact) mass is 253 g/mol. The van der Waals surface area contributed by atoms with Crippen LogP contribution in [0.5, 0.6) is 0 Å². The van der Waals surface area contributed by atoms with E-state index in [2.05, 4.69) is 35.1 Å². The average molecular weight is 254 g/mol. The Bertz CT molecular complexity index is 387. The summed E-state index contributed by atoms with van der Waals surface area (Å²) in [5.74, 6) is 0.476. The number of fused-ring (bicyclic) bond motifs is 1. The predicted molar refractivity (Wildman–Crippen MR) is 60.4 cm³/mol. The molecule has 2 rings (SSSR count). The molecular formula is C11H12BrNO. The van der Waals surface area contributed by atoms with Crippen molar-refractivity contribution in [3.63, 3.8) is 0 Å². The van der Waals surface area contributed by atoms with Crippen LogP contribution in [0, 0.1) is 5.92 Å². The molecule has 1 heterocycles. The molecule has 74 valence electrons. The van der Waals surface area contributed by atoms with Crippen molar-refractivity contribution in [3.8, 4) is 0 Å². The third kappa shape index (κ3) is 1.46. The topological polar surface area (TPSA) is 29.1 Å². The first-order chi connectivity index (χ1) is 6.59. The molecule has 0 aliphatic carbocycles. The minimum absolute atomic E-state index is 0.0121. The molecule has 1 amide bonds. The number of anilines is 1. The second kappa shape index (κ2) is 3.39. The SMILES string of the molecule is CC(C)C1C(=O)Nc2cc(Br)ccc21. The highest BCUT2D eigenvalue weighted by Gasteiger charge is 2.32. The van der Waals surface area contributed by atoms with Crippen LogP contribution >= 0.6 is 15.9 Å². The number of hydrogen-bond acceptors (Lipinski definition) is 1. The highest BCUT2D eigenvalue weighted by atomic mass is 79.9. The first-order valence-corrected chi connectivity index (χ1v) is 5.49. The van der Waals surface area contributed by atoms with E-state index in [1.54, 1.807) is 0 Å². The third-order valence-electron chi connectivity index (χ3n) is 2.56. The van der Waals surface area contributed by atoms with Gasteiger partial charge in [-0.3, -0.25) is 4.79 Å². The van der Waals surface area contributed by atoms with Crippen molar-refractivity contribution in [2.75, 3.05) is 5.32 Å². The van der Waals surface area contributed by atoms with Crippen LogP contribution in [0.15, 0.2) is 22.7 Å². The van der Waals surface area contributed by atoms with E-state index in [1.165, 1.54) is 0 Å². The van der Waals surface area contributed by atoms with E-state index in [0.717, 1.165) is 15.7 Å². The van der Waals surface area contributed by atoms with Gasteiger partial charge in [-0.1, -0.05) is 35.8 Å². The summed E-state index contributed by atoms with van der Waals surface area (Å²) in [5.41, 5.74) is 2.07. The van der Waals surface area contributed by atoms with Gasteiger partial charge in [0, 0.05) is 10.2 Å². The molecule has 0 radical (unpaired) electrons. The summed E-state index contributed by atoms with van der Waals surface area (Å²) in [5, 5.41) is 2.90. The number of rotatable bonds is 1. The Morgan fingerprint density at radius 3 is 2.79 bits per heavy atom. The Kier molecular flexibility index (Phi) is 2.35. The Labute approximate surface area is 91.8 Å². The summed E-state index contributed by atoms with van der Waals surface area (Å²) in [4.78, 5) is 11.7. The molecule has 0 spiro atoms. The van der Waals surface area contributed by atoms with Crippen molar-refractivity contribution in [1.29, 1.82) is 0 Å². The van der Waals surface area contributed by atoms with Crippen molar-refractivity contribution in [2.45, 2.75) is 19.8 Å². The van der Waals surface area contributed by atoms with Gasteiger partial charge in [-0.2, -0.15) is 0 Å². The molecule has 1 aromatic carbocycles. The average Bonchev–Trinajstić information content (AvgIpc) is 2.39. The van der Waals surface area contributed by atoms with Crippen LogP contribution in [0.1, 0.15) is 25.3 Å². The Hall–Kier alpha value is -0.830. The summed E-state index contributed by atoms with van der Waals surface area (Å²) in [6.45, 7) is 4.14. The van der Waals surface area contributed by atoms with Gasteiger partial charge in [0.05, 0.1) is 5.92 Å². The van der Waals surface area contributed by atoms with Crippen LogP contribution in [0.3, 0.4) is 0 Å². The Morgan fingerprint density at radius 2 is 2.14 bits per heavy atom. The molecule has 14 heavy (non-hydrogen) atoms. The standard InChI is InChI=1S/C11H12BrNO/c1-6(2)10-8-4-3-7(12)5-9(8)13-11(10)14/h3-6,10H,1-2H3,(H,13,14). The number of amides is 1. The molecule has 2 nitrogen and oxygen atoms in total. The van der Waals surface area contributed by atoms with Crippen LogP contribution in [0.25, 0.3) is 0 Å². The first kappa shape index (κ1) is 9.71. The molecule has 1 aromatic rings. The van der Waals surface area contributed by atoms with Crippen molar-refractivity contribution in [2.24, 2.45) is 5.92 Å². The maximum Gasteiger partial charge on any atom is 0.232 e. The van der Waals surface area contributed by atoms with E-state index >= 15 is 0 Å². The highest BCUT2D eigenvalue weighted by Crippen LogP contribution is 2.38. The van der Waals surface area contributed by atoms with Crippen LogP contribution in [-0.4, -0.2) is 5.91 Å². The van der Waals surface area contributed by atoms with Crippen molar-refractivity contribution >= 4 is 27.5 Å². The molecule has 1 unspecified atom stereocenters. The lowest BCUT2D eigenvalue weighted by Crippen LogP contribution is -2.16. The lowest BCUT2D eigenvalue weighted by molar-refractivity contribution is -0.117. The van der Waals surface area contributed by atoms with E-state index in [-0.39, 0.29) is 11.8 Å². The minimum Gasteiger partial charge on any atom is -0.325 e. The number of carbonyl (C=O) groups excluding carboxylic acids is 1. The lowest BCUT2D eigenvalue weighted by Gasteiger charge is -2.12. The number of nitrogens with one attached hydrogen (secondary N) is 1. The van der Waals surface area contributed by atoms with E-state index in [0.29, 0.717) is 5.92 Å². The van der Waals surface area contributed by atoms with Gasteiger partial charge < -0.3 is 5.32 Å². The second-order valence-electron chi connectivity index (χ2n) is 3.94. The fraction of sp³-hybridized carbons (Fsp3) is 0.364. The van der Waals surface area contributed by atoms with Gasteiger partial charge in [0.15, 0.2) is 0 Å².